The summed E-state index contributed by atoms with van der Waals surface area (Å²) in [6, 6.07) is 8.42. The lowest BCUT2D eigenvalue weighted by atomic mass is 10.1. The van der Waals surface area contributed by atoms with Crippen molar-refractivity contribution in [2.75, 3.05) is 0 Å². The number of phenolic OH excluding ortho intramolecular Hbond substituents is 2. The third-order valence-electron chi connectivity index (χ3n) is 2.18. The van der Waals surface area contributed by atoms with E-state index in [9.17, 15) is 10.2 Å². The summed E-state index contributed by atoms with van der Waals surface area (Å²) in [6.45, 7) is 0. The van der Waals surface area contributed by atoms with Crippen molar-refractivity contribution < 1.29 is 10.2 Å². The SMILES string of the molecule is N=Cc1ccc2cccc(O)c2c1O. The molecule has 2 aromatic rings. The van der Waals surface area contributed by atoms with Crippen LogP contribution in [-0.4, -0.2) is 16.4 Å². The summed E-state index contributed by atoms with van der Waals surface area (Å²) in [5.41, 5.74) is 0.402. The topological polar surface area (TPSA) is 64.3 Å². The molecule has 0 aliphatic carbocycles. The Morgan fingerprint density at radius 2 is 1.86 bits per heavy atom. The summed E-state index contributed by atoms with van der Waals surface area (Å²) in [6.07, 6.45) is 1.06. The predicted molar refractivity (Wildman–Crippen MR) is 55.2 cm³/mol. The molecule has 14 heavy (non-hydrogen) atoms. The molecule has 3 nitrogen and oxygen atoms in total. The van der Waals surface area contributed by atoms with E-state index < -0.39 is 0 Å². The minimum Gasteiger partial charge on any atom is -0.507 e. The minimum atomic E-state index is -0.0457. The average molecular weight is 187 g/mol. The molecule has 0 bridgehead atoms. The maximum atomic E-state index is 9.72. The summed E-state index contributed by atoms with van der Waals surface area (Å²) in [5.74, 6) is -0.0145. The highest BCUT2D eigenvalue weighted by Gasteiger charge is 2.07. The van der Waals surface area contributed by atoms with Crippen molar-refractivity contribution in [2.24, 2.45) is 0 Å². The van der Waals surface area contributed by atoms with Crippen LogP contribution in [0.3, 0.4) is 0 Å². The molecule has 3 heteroatoms. The first kappa shape index (κ1) is 8.56. The molecule has 0 saturated carbocycles. The van der Waals surface area contributed by atoms with Crippen LogP contribution in [-0.2, 0) is 0 Å². The molecule has 0 saturated heterocycles. The van der Waals surface area contributed by atoms with Crippen LogP contribution >= 0.6 is 0 Å². The second-order valence-corrected chi connectivity index (χ2v) is 3.02. The van der Waals surface area contributed by atoms with Gasteiger partial charge in [0, 0.05) is 11.8 Å². The van der Waals surface area contributed by atoms with Crippen LogP contribution in [0.5, 0.6) is 11.5 Å². The van der Waals surface area contributed by atoms with Gasteiger partial charge < -0.3 is 15.6 Å². The van der Waals surface area contributed by atoms with Gasteiger partial charge in [0.05, 0.1) is 5.39 Å². The lowest BCUT2D eigenvalue weighted by molar-refractivity contribution is 0.463. The van der Waals surface area contributed by atoms with E-state index in [2.05, 4.69) is 0 Å². The third-order valence-corrected chi connectivity index (χ3v) is 2.18. The quantitative estimate of drug-likeness (QED) is 0.599. The Kier molecular flexibility index (Phi) is 1.85. The van der Waals surface area contributed by atoms with Crippen LogP contribution < -0.4 is 0 Å². The van der Waals surface area contributed by atoms with Gasteiger partial charge in [-0.15, -0.1) is 0 Å². The van der Waals surface area contributed by atoms with Crippen molar-refractivity contribution in [3.63, 3.8) is 0 Å². The van der Waals surface area contributed by atoms with E-state index in [0.717, 1.165) is 11.6 Å². The Balaban J connectivity index is 2.93. The van der Waals surface area contributed by atoms with E-state index in [1.54, 1.807) is 24.3 Å². The van der Waals surface area contributed by atoms with Gasteiger partial charge in [-0.3, -0.25) is 0 Å². The maximum Gasteiger partial charge on any atom is 0.135 e. The standard InChI is InChI=1S/C11H9NO2/c12-6-8-5-4-7-2-1-3-9(13)10(7)11(8)14/h1-6,12-14H. The van der Waals surface area contributed by atoms with Gasteiger partial charge >= 0.3 is 0 Å². The maximum absolute atomic E-state index is 9.72. The van der Waals surface area contributed by atoms with E-state index >= 15 is 0 Å². The number of aromatic hydroxyl groups is 2. The van der Waals surface area contributed by atoms with Crippen LogP contribution in [0.1, 0.15) is 5.56 Å². The molecule has 70 valence electrons. The van der Waals surface area contributed by atoms with E-state index in [0.29, 0.717) is 10.9 Å². The summed E-state index contributed by atoms with van der Waals surface area (Å²) < 4.78 is 0. The molecule has 0 atom stereocenters. The van der Waals surface area contributed by atoms with Crippen molar-refractivity contribution in [2.45, 2.75) is 0 Å². The highest BCUT2D eigenvalue weighted by Crippen LogP contribution is 2.34. The number of hydrogen-bond acceptors (Lipinski definition) is 3. The summed E-state index contributed by atoms with van der Waals surface area (Å²) in [4.78, 5) is 0. The molecule has 2 rings (SSSR count). The van der Waals surface area contributed by atoms with Gasteiger partial charge in [0.1, 0.15) is 11.5 Å². The van der Waals surface area contributed by atoms with E-state index in [4.69, 9.17) is 5.41 Å². The second-order valence-electron chi connectivity index (χ2n) is 3.02. The molecule has 0 aliphatic rings. The lowest BCUT2D eigenvalue weighted by Crippen LogP contribution is -1.83. The fourth-order valence-electron chi connectivity index (χ4n) is 1.47. The van der Waals surface area contributed by atoms with Crippen LogP contribution in [0.15, 0.2) is 30.3 Å². The second kappa shape index (κ2) is 3.03. The van der Waals surface area contributed by atoms with E-state index in [-0.39, 0.29) is 11.5 Å². The Labute approximate surface area is 80.8 Å². The van der Waals surface area contributed by atoms with E-state index in [1.165, 1.54) is 6.07 Å². The van der Waals surface area contributed by atoms with Crippen molar-refractivity contribution in [3.05, 3.63) is 35.9 Å². The Bertz CT molecular complexity index is 506. The molecule has 0 unspecified atom stereocenters. The largest absolute Gasteiger partial charge is 0.507 e. The van der Waals surface area contributed by atoms with Gasteiger partial charge in [-0.2, -0.15) is 0 Å². The Morgan fingerprint density at radius 3 is 2.57 bits per heavy atom. The van der Waals surface area contributed by atoms with Gasteiger partial charge in [-0.25, -0.2) is 0 Å². The predicted octanol–water partition coefficient (Wildman–Crippen LogP) is 2.25. The highest BCUT2D eigenvalue weighted by atomic mass is 16.3. The van der Waals surface area contributed by atoms with Crippen molar-refractivity contribution >= 4 is 17.0 Å². The van der Waals surface area contributed by atoms with Crippen molar-refractivity contribution in [3.8, 4) is 11.5 Å². The molecular formula is C11H9NO2. The summed E-state index contributed by atoms with van der Waals surface area (Å²) in [5, 5.41) is 27.5. The number of rotatable bonds is 1. The zero-order chi connectivity index (χ0) is 10.1. The molecular weight excluding hydrogens is 178 g/mol. The van der Waals surface area contributed by atoms with Gasteiger partial charge in [-0.05, 0) is 17.5 Å². The molecule has 2 aromatic carbocycles. The Morgan fingerprint density at radius 1 is 1.07 bits per heavy atom. The normalized spacial score (nSPS) is 10.3. The van der Waals surface area contributed by atoms with Crippen LogP contribution in [0.2, 0.25) is 0 Å². The van der Waals surface area contributed by atoms with Gasteiger partial charge in [0.2, 0.25) is 0 Å². The number of benzene rings is 2. The number of hydrogen-bond donors (Lipinski definition) is 3. The number of fused-ring (bicyclic) bond motifs is 1. The van der Waals surface area contributed by atoms with Crippen LogP contribution in [0.25, 0.3) is 10.8 Å². The highest BCUT2D eigenvalue weighted by molar-refractivity contribution is 5.99. The summed E-state index contributed by atoms with van der Waals surface area (Å²) >= 11 is 0. The smallest absolute Gasteiger partial charge is 0.135 e. The molecule has 0 aliphatic heterocycles. The van der Waals surface area contributed by atoms with Crippen LogP contribution in [0, 0.1) is 5.41 Å². The molecule has 0 fully saturated rings. The summed E-state index contributed by atoms with van der Waals surface area (Å²) in [7, 11) is 0. The molecule has 0 heterocycles. The molecule has 3 N–H and O–H groups in total. The molecule has 0 radical (unpaired) electrons. The van der Waals surface area contributed by atoms with Crippen molar-refractivity contribution in [1.82, 2.24) is 0 Å². The number of nitrogens with one attached hydrogen (secondary N) is 1. The third kappa shape index (κ3) is 1.10. The average Bonchev–Trinajstić information content (AvgIpc) is 2.18. The Hall–Kier alpha value is -2.03. The fourth-order valence-corrected chi connectivity index (χ4v) is 1.47. The fraction of sp³-hybridized carbons (Fsp3) is 0. The van der Waals surface area contributed by atoms with Gasteiger partial charge in [0.25, 0.3) is 0 Å². The van der Waals surface area contributed by atoms with E-state index in [1.807, 2.05) is 0 Å². The zero-order valence-electron chi connectivity index (χ0n) is 7.36. The first-order valence-electron chi connectivity index (χ1n) is 4.18. The molecule has 0 aromatic heterocycles. The number of phenols is 2. The zero-order valence-corrected chi connectivity index (χ0v) is 7.36. The van der Waals surface area contributed by atoms with Crippen molar-refractivity contribution in [1.29, 1.82) is 5.41 Å². The first-order valence-corrected chi connectivity index (χ1v) is 4.18. The van der Waals surface area contributed by atoms with Crippen LogP contribution in [0.4, 0.5) is 0 Å². The monoisotopic (exact) mass is 187 g/mol. The first-order chi connectivity index (χ1) is 6.74. The van der Waals surface area contributed by atoms with Gasteiger partial charge in [-0.1, -0.05) is 18.2 Å². The molecule has 0 spiro atoms. The lowest BCUT2D eigenvalue weighted by Gasteiger charge is -2.05. The minimum absolute atomic E-state index is 0.0312. The van der Waals surface area contributed by atoms with Gasteiger partial charge in [0.15, 0.2) is 0 Å². The molecule has 0 amide bonds.